The van der Waals surface area contributed by atoms with Crippen LogP contribution in [0.3, 0.4) is 0 Å². The third-order valence-corrected chi connectivity index (χ3v) is 5.19. The normalized spacial score (nSPS) is 10.7. The van der Waals surface area contributed by atoms with Crippen LogP contribution in [0.2, 0.25) is 0 Å². The second kappa shape index (κ2) is 9.34. The maximum Gasteiger partial charge on any atom is 0.291 e. The summed E-state index contributed by atoms with van der Waals surface area (Å²) in [7, 11) is 0. The summed E-state index contributed by atoms with van der Waals surface area (Å²) in [4.78, 5) is 24.9. The van der Waals surface area contributed by atoms with E-state index in [1.807, 2.05) is 61.0 Å². The smallest absolute Gasteiger partial charge is 0.291 e. The lowest BCUT2D eigenvalue weighted by Crippen LogP contribution is -2.24. The van der Waals surface area contributed by atoms with Gasteiger partial charge in [0.25, 0.3) is 11.8 Å². The predicted octanol–water partition coefficient (Wildman–Crippen LogP) is 4.32. The third kappa shape index (κ3) is 4.78. The average Bonchev–Trinajstić information content (AvgIpc) is 3.42. The summed E-state index contributed by atoms with van der Waals surface area (Å²) in [5.41, 5.74) is 4.83. The molecule has 0 atom stereocenters. The number of anilines is 1. The zero-order valence-corrected chi connectivity index (χ0v) is 18.0. The molecule has 0 bridgehead atoms. The van der Waals surface area contributed by atoms with Crippen molar-refractivity contribution in [3.8, 4) is 0 Å². The first kappa shape index (κ1) is 21.1. The minimum absolute atomic E-state index is 0.158. The highest BCUT2D eigenvalue weighted by atomic mass is 16.3. The minimum atomic E-state index is -0.311. The molecule has 0 aliphatic heterocycles. The van der Waals surface area contributed by atoms with Gasteiger partial charge >= 0.3 is 0 Å². The molecule has 0 aliphatic carbocycles. The summed E-state index contributed by atoms with van der Waals surface area (Å²) in [6, 6.07) is 20.6. The molecule has 2 aromatic heterocycles. The Morgan fingerprint density at radius 1 is 0.906 bits per heavy atom. The van der Waals surface area contributed by atoms with Gasteiger partial charge in [-0.15, -0.1) is 0 Å². The quantitative estimate of drug-likeness (QED) is 0.459. The van der Waals surface area contributed by atoms with E-state index in [-0.39, 0.29) is 17.6 Å². The first-order valence-corrected chi connectivity index (χ1v) is 10.3. The topological polar surface area (TPSA) is 89.2 Å². The van der Waals surface area contributed by atoms with E-state index in [1.54, 1.807) is 24.3 Å². The van der Waals surface area contributed by atoms with Crippen LogP contribution in [0, 0.1) is 13.8 Å². The molecule has 162 valence electrons. The zero-order valence-electron chi connectivity index (χ0n) is 18.0. The molecule has 0 spiro atoms. The molecular weight excluding hydrogens is 404 g/mol. The molecule has 2 heterocycles. The third-order valence-electron chi connectivity index (χ3n) is 5.19. The fourth-order valence-electron chi connectivity index (χ4n) is 3.51. The molecule has 2 N–H and O–H groups in total. The van der Waals surface area contributed by atoms with Crippen molar-refractivity contribution in [2.75, 3.05) is 5.32 Å². The fraction of sp³-hybridized carbons (Fsp3) is 0.160. The van der Waals surface area contributed by atoms with Crippen LogP contribution in [0.5, 0.6) is 0 Å². The SMILES string of the molecule is Cc1nn(Cc2ccccc2)c(C)c1C(=O)NCc1ccc(NC(=O)c2ccco2)cc1. The van der Waals surface area contributed by atoms with Crippen molar-refractivity contribution >= 4 is 17.5 Å². The summed E-state index contributed by atoms with van der Waals surface area (Å²) >= 11 is 0. The van der Waals surface area contributed by atoms with E-state index in [0.29, 0.717) is 30.0 Å². The van der Waals surface area contributed by atoms with Gasteiger partial charge in [0.1, 0.15) is 0 Å². The fourth-order valence-corrected chi connectivity index (χ4v) is 3.51. The van der Waals surface area contributed by atoms with Crippen LogP contribution >= 0.6 is 0 Å². The first-order chi connectivity index (χ1) is 15.5. The highest BCUT2D eigenvalue weighted by Crippen LogP contribution is 2.16. The lowest BCUT2D eigenvalue weighted by molar-refractivity contribution is 0.0948. The minimum Gasteiger partial charge on any atom is -0.459 e. The van der Waals surface area contributed by atoms with Gasteiger partial charge in [-0.05, 0) is 49.2 Å². The second-order valence-corrected chi connectivity index (χ2v) is 7.50. The molecule has 0 unspecified atom stereocenters. The molecule has 0 saturated carbocycles. The molecule has 0 saturated heterocycles. The van der Waals surface area contributed by atoms with Gasteiger partial charge in [0, 0.05) is 17.9 Å². The Bertz CT molecular complexity index is 1210. The monoisotopic (exact) mass is 428 g/mol. The highest BCUT2D eigenvalue weighted by molar-refractivity contribution is 6.02. The molecule has 4 aromatic rings. The Kier molecular flexibility index (Phi) is 6.17. The van der Waals surface area contributed by atoms with E-state index in [0.717, 1.165) is 16.8 Å². The van der Waals surface area contributed by atoms with Crippen LogP contribution in [0.25, 0.3) is 0 Å². The number of hydrogen-bond acceptors (Lipinski definition) is 4. The largest absolute Gasteiger partial charge is 0.459 e. The van der Waals surface area contributed by atoms with Crippen molar-refractivity contribution in [2.45, 2.75) is 26.9 Å². The maximum atomic E-state index is 12.8. The number of nitrogens with one attached hydrogen (secondary N) is 2. The number of carbonyl (C=O) groups excluding carboxylic acids is 2. The van der Waals surface area contributed by atoms with Gasteiger partial charge in [0.2, 0.25) is 0 Å². The van der Waals surface area contributed by atoms with E-state index in [1.165, 1.54) is 6.26 Å². The molecule has 7 heteroatoms. The number of amides is 2. The molecule has 2 amide bonds. The Morgan fingerprint density at radius 2 is 1.66 bits per heavy atom. The Hall–Kier alpha value is -4.13. The van der Waals surface area contributed by atoms with Crippen molar-refractivity contribution in [2.24, 2.45) is 0 Å². The van der Waals surface area contributed by atoms with Crippen molar-refractivity contribution in [3.63, 3.8) is 0 Å². The second-order valence-electron chi connectivity index (χ2n) is 7.50. The van der Waals surface area contributed by atoms with Crippen LogP contribution < -0.4 is 10.6 Å². The molecule has 32 heavy (non-hydrogen) atoms. The molecule has 0 fully saturated rings. The number of rotatable bonds is 7. The Morgan fingerprint density at radius 3 is 2.34 bits per heavy atom. The van der Waals surface area contributed by atoms with E-state index in [2.05, 4.69) is 15.7 Å². The summed E-state index contributed by atoms with van der Waals surface area (Å²) in [5, 5.41) is 10.3. The number of hydrogen-bond donors (Lipinski definition) is 2. The summed E-state index contributed by atoms with van der Waals surface area (Å²) in [6.07, 6.45) is 1.45. The van der Waals surface area contributed by atoms with Crippen molar-refractivity contribution < 1.29 is 14.0 Å². The molecule has 2 aromatic carbocycles. The number of aromatic nitrogens is 2. The van der Waals surface area contributed by atoms with Gasteiger partial charge in [0.15, 0.2) is 5.76 Å². The molecule has 7 nitrogen and oxygen atoms in total. The Labute approximate surface area is 186 Å². The lowest BCUT2D eigenvalue weighted by atomic mass is 10.1. The van der Waals surface area contributed by atoms with Gasteiger partial charge < -0.3 is 15.1 Å². The van der Waals surface area contributed by atoms with Crippen LogP contribution in [0.15, 0.2) is 77.4 Å². The molecular formula is C25H24N4O3. The van der Waals surface area contributed by atoms with Gasteiger partial charge in [0.05, 0.1) is 24.1 Å². The number of benzene rings is 2. The van der Waals surface area contributed by atoms with Crippen molar-refractivity contribution in [3.05, 3.63) is 107 Å². The van der Waals surface area contributed by atoms with E-state index >= 15 is 0 Å². The Balaban J connectivity index is 1.37. The summed E-state index contributed by atoms with van der Waals surface area (Å²) in [5.74, 6) is -0.219. The predicted molar refractivity (Wildman–Crippen MR) is 122 cm³/mol. The summed E-state index contributed by atoms with van der Waals surface area (Å²) in [6.45, 7) is 4.74. The number of aryl methyl sites for hydroxylation is 1. The number of furan rings is 1. The summed E-state index contributed by atoms with van der Waals surface area (Å²) < 4.78 is 6.94. The molecule has 0 radical (unpaired) electrons. The van der Waals surface area contributed by atoms with Crippen molar-refractivity contribution in [1.29, 1.82) is 0 Å². The maximum absolute atomic E-state index is 12.8. The first-order valence-electron chi connectivity index (χ1n) is 10.3. The van der Waals surface area contributed by atoms with Gasteiger partial charge in [-0.1, -0.05) is 42.5 Å². The van der Waals surface area contributed by atoms with E-state index in [9.17, 15) is 9.59 Å². The zero-order chi connectivity index (χ0) is 22.5. The van der Waals surface area contributed by atoms with Crippen molar-refractivity contribution in [1.82, 2.24) is 15.1 Å². The van der Waals surface area contributed by atoms with Gasteiger partial charge in [-0.3, -0.25) is 14.3 Å². The molecule has 0 aliphatic rings. The van der Waals surface area contributed by atoms with Crippen LogP contribution in [-0.4, -0.2) is 21.6 Å². The average molecular weight is 428 g/mol. The highest BCUT2D eigenvalue weighted by Gasteiger charge is 2.18. The van der Waals surface area contributed by atoms with E-state index < -0.39 is 0 Å². The molecule has 4 rings (SSSR count). The number of nitrogens with zero attached hydrogens (tertiary/aromatic N) is 2. The van der Waals surface area contributed by atoms with Gasteiger partial charge in [-0.2, -0.15) is 5.10 Å². The lowest BCUT2D eigenvalue weighted by Gasteiger charge is -2.08. The van der Waals surface area contributed by atoms with E-state index in [4.69, 9.17) is 4.42 Å². The van der Waals surface area contributed by atoms with Crippen LogP contribution in [0.4, 0.5) is 5.69 Å². The van der Waals surface area contributed by atoms with Crippen LogP contribution in [-0.2, 0) is 13.1 Å². The van der Waals surface area contributed by atoms with Gasteiger partial charge in [-0.25, -0.2) is 0 Å². The van der Waals surface area contributed by atoms with Crippen LogP contribution in [0.1, 0.15) is 43.4 Å². The number of carbonyl (C=O) groups is 2. The standard InChI is InChI=1S/C25H24N4O3/c1-17-23(18(2)29(28-17)16-20-7-4-3-5-8-20)25(31)26-15-19-10-12-21(13-11-19)27-24(30)22-9-6-14-32-22/h3-14H,15-16H2,1-2H3,(H,26,31)(H,27,30).